The third-order valence-corrected chi connectivity index (χ3v) is 3.17. The van der Waals surface area contributed by atoms with Crippen molar-refractivity contribution in [1.29, 1.82) is 0 Å². The second kappa shape index (κ2) is 6.25. The summed E-state index contributed by atoms with van der Waals surface area (Å²) in [6.07, 6.45) is 2.24. The molecule has 0 saturated heterocycles. The number of hydrogen-bond acceptors (Lipinski definition) is 1. The van der Waals surface area contributed by atoms with E-state index in [1.54, 1.807) is 7.11 Å². The summed E-state index contributed by atoms with van der Waals surface area (Å²) in [6, 6.07) is 19.0. The zero-order valence-electron chi connectivity index (χ0n) is 11.1. The van der Waals surface area contributed by atoms with Gasteiger partial charge in [0, 0.05) is 0 Å². The quantitative estimate of drug-likeness (QED) is 0.764. The van der Waals surface area contributed by atoms with Crippen molar-refractivity contribution in [2.75, 3.05) is 7.11 Å². The van der Waals surface area contributed by atoms with Crippen molar-refractivity contribution in [2.24, 2.45) is 5.92 Å². The van der Waals surface area contributed by atoms with Crippen LogP contribution in [-0.2, 0) is 12.8 Å². The van der Waals surface area contributed by atoms with E-state index in [0.717, 1.165) is 18.6 Å². The summed E-state index contributed by atoms with van der Waals surface area (Å²) in [6.45, 7) is 2.30. The predicted octanol–water partition coefficient (Wildman–Crippen LogP) is 4.12. The van der Waals surface area contributed by atoms with Crippen molar-refractivity contribution < 1.29 is 4.74 Å². The molecule has 0 amide bonds. The highest BCUT2D eigenvalue weighted by Gasteiger charge is 2.05. The summed E-state index contributed by atoms with van der Waals surface area (Å²) >= 11 is 0. The van der Waals surface area contributed by atoms with Crippen molar-refractivity contribution >= 4 is 0 Å². The Bertz CT molecular complexity index is 459. The summed E-state index contributed by atoms with van der Waals surface area (Å²) in [5, 5.41) is 0. The molecular formula is C17H20O. The largest absolute Gasteiger partial charge is 0.497 e. The minimum absolute atomic E-state index is 0.654. The minimum atomic E-state index is 0.654. The molecule has 1 heteroatoms. The number of ether oxygens (including phenoxy) is 1. The van der Waals surface area contributed by atoms with Crippen molar-refractivity contribution in [2.45, 2.75) is 19.8 Å². The molecule has 1 atom stereocenters. The Morgan fingerprint density at radius 3 is 1.94 bits per heavy atom. The average molecular weight is 240 g/mol. The van der Waals surface area contributed by atoms with Crippen LogP contribution in [0.1, 0.15) is 18.1 Å². The fourth-order valence-corrected chi connectivity index (χ4v) is 2.25. The van der Waals surface area contributed by atoms with Gasteiger partial charge in [-0.3, -0.25) is 0 Å². The van der Waals surface area contributed by atoms with Crippen molar-refractivity contribution in [1.82, 2.24) is 0 Å². The second-order valence-corrected chi connectivity index (χ2v) is 4.85. The Hall–Kier alpha value is -1.76. The topological polar surface area (TPSA) is 9.23 Å². The molecule has 1 nitrogen and oxygen atoms in total. The fourth-order valence-electron chi connectivity index (χ4n) is 2.25. The SMILES string of the molecule is COc1ccc(CC(C)Cc2ccccc2)cc1. The molecule has 18 heavy (non-hydrogen) atoms. The predicted molar refractivity (Wildman–Crippen MR) is 76.0 cm³/mol. The van der Waals surface area contributed by atoms with Crippen LogP contribution in [0.5, 0.6) is 5.75 Å². The molecule has 2 aromatic rings. The molecule has 0 aliphatic heterocycles. The molecular weight excluding hydrogens is 220 g/mol. The Balaban J connectivity index is 1.92. The molecule has 0 spiro atoms. The molecule has 1 unspecified atom stereocenters. The lowest BCUT2D eigenvalue weighted by Gasteiger charge is -2.12. The Morgan fingerprint density at radius 2 is 1.39 bits per heavy atom. The fraction of sp³-hybridized carbons (Fsp3) is 0.294. The third-order valence-electron chi connectivity index (χ3n) is 3.17. The van der Waals surface area contributed by atoms with E-state index < -0.39 is 0 Å². The van der Waals surface area contributed by atoms with Crippen LogP contribution in [0, 0.1) is 5.92 Å². The van der Waals surface area contributed by atoms with Gasteiger partial charge in [0.25, 0.3) is 0 Å². The van der Waals surface area contributed by atoms with Crippen LogP contribution in [0.4, 0.5) is 0 Å². The molecule has 94 valence electrons. The first kappa shape index (κ1) is 12.7. The molecule has 0 aliphatic carbocycles. The standard InChI is InChI=1S/C17H20O/c1-14(12-15-6-4-3-5-7-15)13-16-8-10-17(18-2)11-9-16/h3-11,14H,12-13H2,1-2H3. The van der Waals surface area contributed by atoms with Crippen LogP contribution in [0.25, 0.3) is 0 Å². The Labute approximate surface area is 109 Å². The first-order valence-corrected chi connectivity index (χ1v) is 6.45. The zero-order chi connectivity index (χ0) is 12.8. The molecule has 0 radical (unpaired) electrons. The summed E-state index contributed by atoms with van der Waals surface area (Å²) in [4.78, 5) is 0. The zero-order valence-corrected chi connectivity index (χ0v) is 11.1. The van der Waals surface area contributed by atoms with E-state index in [0.29, 0.717) is 5.92 Å². The van der Waals surface area contributed by atoms with Crippen LogP contribution in [0.3, 0.4) is 0 Å². The van der Waals surface area contributed by atoms with Gasteiger partial charge in [-0.05, 0) is 42.0 Å². The Morgan fingerprint density at radius 1 is 0.833 bits per heavy atom. The van der Waals surface area contributed by atoms with Crippen LogP contribution >= 0.6 is 0 Å². The molecule has 0 N–H and O–H groups in total. The summed E-state index contributed by atoms with van der Waals surface area (Å²) < 4.78 is 5.17. The van der Waals surface area contributed by atoms with Gasteiger partial charge >= 0.3 is 0 Å². The van der Waals surface area contributed by atoms with E-state index in [1.165, 1.54) is 11.1 Å². The maximum atomic E-state index is 5.17. The number of hydrogen-bond donors (Lipinski definition) is 0. The van der Waals surface area contributed by atoms with E-state index >= 15 is 0 Å². The normalized spacial score (nSPS) is 12.1. The molecule has 2 rings (SSSR count). The lowest BCUT2D eigenvalue weighted by Crippen LogP contribution is -2.03. The van der Waals surface area contributed by atoms with Gasteiger partial charge in [0.1, 0.15) is 5.75 Å². The van der Waals surface area contributed by atoms with E-state index in [9.17, 15) is 0 Å². The molecule has 0 aliphatic rings. The highest BCUT2D eigenvalue weighted by molar-refractivity contribution is 5.27. The van der Waals surface area contributed by atoms with E-state index in [2.05, 4.69) is 49.4 Å². The highest BCUT2D eigenvalue weighted by Crippen LogP contribution is 2.17. The van der Waals surface area contributed by atoms with Gasteiger partial charge in [0.2, 0.25) is 0 Å². The molecule has 0 saturated carbocycles. The number of rotatable bonds is 5. The first-order valence-electron chi connectivity index (χ1n) is 6.45. The van der Waals surface area contributed by atoms with Crippen LogP contribution in [0.2, 0.25) is 0 Å². The number of methoxy groups -OCH3 is 1. The molecule has 0 heterocycles. The highest BCUT2D eigenvalue weighted by atomic mass is 16.5. The maximum Gasteiger partial charge on any atom is 0.118 e. The van der Waals surface area contributed by atoms with Crippen molar-refractivity contribution in [3.05, 3.63) is 65.7 Å². The van der Waals surface area contributed by atoms with Crippen LogP contribution in [0.15, 0.2) is 54.6 Å². The second-order valence-electron chi connectivity index (χ2n) is 4.85. The van der Waals surface area contributed by atoms with Crippen molar-refractivity contribution in [3.8, 4) is 5.75 Å². The lowest BCUT2D eigenvalue weighted by molar-refractivity contribution is 0.414. The van der Waals surface area contributed by atoms with Crippen molar-refractivity contribution in [3.63, 3.8) is 0 Å². The molecule has 0 aromatic heterocycles. The van der Waals surface area contributed by atoms with Gasteiger partial charge < -0.3 is 4.74 Å². The van der Waals surface area contributed by atoms with Gasteiger partial charge in [0.05, 0.1) is 7.11 Å². The van der Waals surface area contributed by atoms with E-state index in [4.69, 9.17) is 4.74 Å². The van der Waals surface area contributed by atoms with Gasteiger partial charge in [-0.25, -0.2) is 0 Å². The maximum absolute atomic E-state index is 5.17. The van der Waals surface area contributed by atoms with E-state index in [1.807, 2.05) is 12.1 Å². The van der Waals surface area contributed by atoms with E-state index in [-0.39, 0.29) is 0 Å². The summed E-state index contributed by atoms with van der Waals surface area (Å²) in [7, 11) is 1.70. The Kier molecular flexibility index (Phi) is 4.40. The smallest absolute Gasteiger partial charge is 0.118 e. The van der Waals surface area contributed by atoms with Crippen LogP contribution < -0.4 is 4.74 Å². The van der Waals surface area contributed by atoms with Crippen LogP contribution in [-0.4, -0.2) is 7.11 Å². The summed E-state index contributed by atoms with van der Waals surface area (Å²) in [5.41, 5.74) is 2.79. The van der Waals surface area contributed by atoms with Gasteiger partial charge in [-0.1, -0.05) is 49.4 Å². The van der Waals surface area contributed by atoms with Gasteiger partial charge in [-0.15, -0.1) is 0 Å². The molecule has 2 aromatic carbocycles. The molecule has 0 fully saturated rings. The lowest BCUT2D eigenvalue weighted by atomic mass is 9.94. The monoisotopic (exact) mass is 240 g/mol. The first-order chi connectivity index (χ1) is 8.78. The summed E-state index contributed by atoms with van der Waals surface area (Å²) in [5.74, 6) is 1.58. The van der Waals surface area contributed by atoms with Gasteiger partial charge in [0.15, 0.2) is 0 Å². The van der Waals surface area contributed by atoms with Gasteiger partial charge in [-0.2, -0.15) is 0 Å². The minimum Gasteiger partial charge on any atom is -0.497 e. The third kappa shape index (κ3) is 3.63. The average Bonchev–Trinajstić information content (AvgIpc) is 2.40. The number of benzene rings is 2. The molecule has 0 bridgehead atoms.